The summed E-state index contributed by atoms with van der Waals surface area (Å²) in [6.45, 7) is 3.88. The van der Waals surface area contributed by atoms with Gasteiger partial charge < -0.3 is 10.4 Å². The van der Waals surface area contributed by atoms with Crippen LogP contribution in [-0.2, 0) is 0 Å². The van der Waals surface area contributed by atoms with Crippen LogP contribution in [0.15, 0.2) is 0 Å². The Labute approximate surface area is 88.9 Å². The predicted molar refractivity (Wildman–Crippen MR) is 53.7 cm³/mol. The molecule has 0 heterocycles. The predicted octanol–water partition coefficient (Wildman–Crippen LogP) is 2.47. The third-order valence-electron chi connectivity index (χ3n) is 2.23. The van der Waals surface area contributed by atoms with Crippen LogP contribution in [0.5, 0.6) is 0 Å². The Morgan fingerprint density at radius 3 is 2.13 bits per heavy atom. The van der Waals surface area contributed by atoms with Gasteiger partial charge in [-0.1, -0.05) is 0 Å². The van der Waals surface area contributed by atoms with Gasteiger partial charge in [0.1, 0.15) is 0 Å². The zero-order valence-electron chi connectivity index (χ0n) is 9.27. The van der Waals surface area contributed by atoms with Gasteiger partial charge in [-0.05, 0) is 33.1 Å². The quantitative estimate of drug-likeness (QED) is 0.700. The monoisotopic (exact) mass is 227 g/mol. The van der Waals surface area contributed by atoms with Crippen molar-refractivity contribution in [1.82, 2.24) is 5.32 Å². The van der Waals surface area contributed by atoms with Crippen molar-refractivity contribution in [3.8, 4) is 0 Å². The molecule has 0 rings (SSSR count). The lowest BCUT2D eigenvalue weighted by Crippen LogP contribution is -2.35. The normalized spacial score (nSPS) is 16.4. The summed E-state index contributed by atoms with van der Waals surface area (Å²) in [4.78, 5) is 0. The molecule has 0 aliphatic rings. The van der Waals surface area contributed by atoms with Gasteiger partial charge in [-0.15, -0.1) is 0 Å². The molecule has 5 heteroatoms. The summed E-state index contributed by atoms with van der Waals surface area (Å²) in [5.41, 5.74) is 0. The molecule has 0 saturated carbocycles. The Morgan fingerprint density at radius 1 is 1.13 bits per heavy atom. The first-order valence-corrected chi connectivity index (χ1v) is 5.29. The van der Waals surface area contributed by atoms with E-state index in [1.165, 1.54) is 0 Å². The molecule has 92 valence electrons. The lowest BCUT2D eigenvalue weighted by atomic mass is 10.1. The summed E-state index contributed by atoms with van der Waals surface area (Å²) >= 11 is 0. The van der Waals surface area contributed by atoms with Crippen molar-refractivity contribution in [2.24, 2.45) is 0 Å². The fourth-order valence-electron chi connectivity index (χ4n) is 1.45. The van der Waals surface area contributed by atoms with Crippen LogP contribution in [0.4, 0.5) is 13.2 Å². The second-order valence-electron chi connectivity index (χ2n) is 3.99. The highest BCUT2D eigenvalue weighted by Crippen LogP contribution is 2.22. The molecule has 2 unspecified atom stereocenters. The molecule has 0 bridgehead atoms. The van der Waals surface area contributed by atoms with Crippen LogP contribution in [0.25, 0.3) is 0 Å². The van der Waals surface area contributed by atoms with Crippen molar-refractivity contribution in [1.29, 1.82) is 0 Å². The third-order valence-corrected chi connectivity index (χ3v) is 2.23. The summed E-state index contributed by atoms with van der Waals surface area (Å²) in [6.07, 6.45) is -3.47. The first-order valence-electron chi connectivity index (χ1n) is 5.29. The molecule has 2 atom stereocenters. The Kier molecular flexibility index (Phi) is 6.92. The van der Waals surface area contributed by atoms with Gasteiger partial charge in [0, 0.05) is 25.1 Å². The van der Waals surface area contributed by atoms with Gasteiger partial charge in [0.2, 0.25) is 0 Å². The minimum Gasteiger partial charge on any atom is -0.396 e. The lowest BCUT2D eigenvalue weighted by Gasteiger charge is -2.19. The molecule has 0 saturated heterocycles. The van der Waals surface area contributed by atoms with E-state index in [0.717, 1.165) is 0 Å². The highest BCUT2D eigenvalue weighted by Gasteiger charge is 2.26. The van der Waals surface area contributed by atoms with Crippen molar-refractivity contribution in [3.05, 3.63) is 0 Å². The minimum atomic E-state index is -4.05. The van der Waals surface area contributed by atoms with Crippen molar-refractivity contribution in [2.75, 3.05) is 6.61 Å². The van der Waals surface area contributed by atoms with Gasteiger partial charge in [-0.25, -0.2) is 0 Å². The molecule has 0 aliphatic heterocycles. The Balaban J connectivity index is 3.53. The van der Waals surface area contributed by atoms with Gasteiger partial charge in [0.05, 0.1) is 0 Å². The maximum Gasteiger partial charge on any atom is 0.389 e. The van der Waals surface area contributed by atoms with E-state index in [0.29, 0.717) is 12.8 Å². The SMILES string of the molecule is CC(CCO)NC(C)CCCC(F)(F)F. The van der Waals surface area contributed by atoms with Crippen LogP contribution in [0.1, 0.15) is 39.5 Å². The molecule has 2 nitrogen and oxygen atoms in total. The standard InChI is InChI=1S/C10H20F3NO/c1-8(14-9(2)5-7-15)4-3-6-10(11,12)13/h8-9,14-15H,3-7H2,1-2H3. The van der Waals surface area contributed by atoms with Gasteiger partial charge in [0.15, 0.2) is 0 Å². The molecule has 0 spiro atoms. The van der Waals surface area contributed by atoms with E-state index < -0.39 is 12.6 Å². The largest absolute Gasteiger partial charge is 0.396 e. The van der Waals surface area contributed by atoms with Gasteiger partial charge in [-0.2, -0.15) is 13.2 Å². The summed E-state index contributed by atoms with van der Waals surface area (Å²) in [6, 6.07) is 0.213. The van der Waals surface area contributed by atoms with Crippen LogP contribution in [0.2, 0.25) is 0 Å². The van der Waals surface area contributed by atoms with E-state index in [1.807, 2.05) is 13.8 Å². The van der Waals surface area contributed by atoms with Gasteiger partial charge in [-0.3, -0.25) is 0 Å². The maximum absolute atomic E-state index is 11.8. The van der Waals surface area contributed by atoms with E-state index in [9.17, 15) is 13.2 Å². The number of halogens is 3. The molecule has 0 aromatic rings. The van der Waals surface area contributed by atoms with Crippen molar-refractivity contribution < 1.29 is 18.3 Å². The number of hydrogen-bond donors (Lipinski definition) is 2. The molecule has 0 fully saturated rings. The van der Waals surface area contributed by atoms with E-state index in [4.69, 9.17) is 5.11 Å². The zero-order valence-corrected chi connectivity index (χ0v) is 9.27. The first-order chi connectivity index (χ1) is 6.85. The minimum absolute atomic E-state index is 0.0638. The molecule has 0 aromatic carbocycles. The molecule has 0 aliphatic carbocycles. The number of alkyl halides is 3. The smallest absolute Gasteiger partial charge is 0.389 e. The highest BCUT2D eigenvalue weighted by atomic mass is 19.4. The van der Waals surface area contributed by atoms with E-state index >= 15 is 0 Å². The van der Waals surface area contributed by atoms with E-state index in [-0.39, 0.29) is 25.1 Å². The van der Waals surface area contributed by atoms with Crippen LogP contribution >= 0.6 is 0 Å². The molecule has 0 radical (unpaired) electrons. The number of rotatable bonds is 7. The van der Waals surface area contributed by atoms with Crippen molar-refractivity contribution in [3.63, 3.8) is 0 Å². The second-order valence-corrected chi connectivity index (χ2v) is 3.99. The highest BCUT2D eigenvalue weighted by molar-refractivity contribution is 4.67. The Bertz CT molecular complexity index is 161. The summed E-state index contributed by atoms with van der Waals surface area (Å²) < 4.78 is 35.5. The van der Waals surface area contributed by atoms with Crippen LogP contribution in [-0.4, -0.2) is 30.0 Å². The third kappa shape index (κ3) is 10.0. The number of aliphatic hydroxyl groups excluding tert-OH is 1. The van der Waals surface area contributed by atoms with Crippen molar-refractivity contribution >= 4 is 0 Å². The van der Waals surface area contributed by atoms with E-state index in [2.05, 4.69) is 5.32 Å². The molecule has 15 heavy (non-hydrogen) atoms. The molecule has 2 N–H and O–H groups in total. The number of nitrogens with one attached hydrogen (secondary N) is 1. The summed E-state index contributed by atoms with van der Waals surface area (Å²) in [5.74, 6) is 0. The van der Waals surface area contributed by atoms with Crippen molar-refractivity contribution in [2.45, 2.75) is 57.8 Å². The maximum atomic E-state index is 11.8. The topological polar surface area (TPSA) is 32.3 Å². The summed E-state index contributed by atoms with van der Waals surface area (Å²) in [5, 5.41) is 11.8. The zero-order chi connectivity index (χ0) is 11.9. The molecule has 0 amide bonds. The average molecular weight is 227 g/mol. The number of hydrogen-bond acceptors (Lipinski definition) is 2. The van der Waals surface area contributed by atoms with Crippen LogP contribution in [0, 0.1) is 0 Å². The average Bonchev–Trinajstić information content (AvgIpc) is 2.01. The fourth-order valence-corrected chi connectivity index (χ4v) is 1.45. The molecule has 0 aromatic heterocycles. The van der Waals surface area contributed by atoms with Crippen LogP contribution < -0.4 is 5.32 Å². The molecular formula is C10H20F3NO. The van der Waals surface area contributed by atoms with E-state index in [1.54, 1.807) is 0 Å². The lowest BCUT2D eigenvalue weighted by molar-refractivity contribution is -0.135. The van der Waals surface area contributed by atoms with Crippen LogP contribution in [0.3, 0.4) is 0 Å². The fraction of sp³-hybridized carbons (Fsp3) is 1.00. The first kappa shape index (κ1) is 14.7. The second kappa shape index (κ2) is 7.06. The van der Waals surface area contributed by atoms with Gasteiger partial charge in [0.25, 0.3) is 0 Å². The van der Waals surface area contributed by atoms with Gasteiger partial charge >= 0.3 is 6.18 Å². The Morgan fingerprint density at radius 2 is 1.67 bits per heavy atom. The summed E-state index contributed by atoms with van der Waals surface area (Å²) in [7, 11) is 0. The molecular weight excluding hydrogens is 207 g/mol. The Hall–Kier alpha value is -0.290. The number of aliphatic hydroxyl groups is 1.